The molecule has 0 spiro atoms. The summed E-state index contributed by atoms with van der Waals surface area (Å²) in [6, 6.07) is 0.228. The Kier molecular flexibility index (Phi) is 8.64. The fraction of sp³-hybridized carbons (Fsp3) is 0.933. The molecule has 1 aliphatic heterocycles. The van der Waals surface area contributed by atoms with Crippen LogP contribution in [-0.4, -0.2) is 76.6 Å². The maximum atomic E-state index is 5.83. The third-order valence-corrected chi connectivity index (χ3v) is 3.37. The number of methoxy groups -OCH3 is 1. The van der Waals surface area contributed by atoms with Crippen molar-refractivity contribution in [3.8, 4) is 0 Å². The van der Waals surface area contributed by atoms with Crippen LogP contribution in [0.5, 0.6) is 0 Å². The van der Waals surface area contributed by atoms with Gasteiger partial charge in [-0.15, -0.1) is 0 Å². The lowest BCUT2D eigenvalue weighted by Crippen LogP contribution is -2.51. The molecule has 21 heavy (non-hydrogen) atoms. The summed E-state index contributed by atoms with van der Waals surface area (Å²) in [6.07, 6.45) is 0.216. The quantitative estimate of drug-likeness (QED) is 0.531. The Morgan fingerprint density at radius 1 is 1.43 bits per heavy atom. The Hall–Kier alpha value is -0.850. The van der Waals surface area contributed by atoms with Gasteiger partial charge in [0.05, 0.1) is 19.3 Å². The van der Waals surface area contributed by atoms with Crippen LogP contribution in [0, 0.1) is 5.92 Å². The fourth-order valence-corrected chi connectivity index (χ4v) is 2.52. The molecule has 0 aliphatic carbocycles. The van der Waals surface area contributed by atoms with Crippen LogP contribution < -0.4 is 10.6 Å². The van der Waals surface area contributed by atoms with Gasteiger partial charge in [-0.05, 0) is 12.8 Å². The Balaban J connectivity index is 2.32. The second kappa shape index (κ2) is 9.97. The summed E-state index contributed by atoms with van der Waals surface area (Å²) in [7, 11) is 3.48. The molecule has 124 valence electrons. The number of morpholine rings is 1. The number of hydrogen-bond donors (Lipinski definition) is 2. The molecule has 0 saturated carbocycles. The molecule has 6 heteroatoms. The first-order valence-electron chi connectivity index (χ1n) is 7.85. The van der Waals surface area contributed by atoms with E-state index in [0.717, 1.165) is 38.7 Å². The van der Waals surface area contributed by atoms with Crippen LogP contribution in [0.25, 0.3) is 0 Å². The summed E-state index contributed by atoms with van der Waals surface area (Å²) >= 11 is 0. The minimum Gasteiger partial charge on any atom is -0.383 e. The number of nitrogens with one attached hydrogen (secondary N) is 2. The third kappa shape index (κ3) is 7.64. The number of guanidine groups is 1. The molecule has 2 atom stereocenters. The molecule has 0 bridgehead atoms. The number of nitrogens with zero attached hydrogens (tertiary/aromatic N) is 2. The minimum absolute atomic E-state index is 0.216. The van der Waals surface area contributed by atoms with E-state index in [1.807, 2.05) is 0 Å². The Bertz CT molecular complexity index is 310. The smallest absolute Gasteiger partial charge is 0.191 e. The van der Waals surface area contributed by atoms with Gasteiger partial charge in [0.25, 0.3) is 0 Å². The van der Waals surface area contributed by atoms with Gasteiger partial charge < -0.3 is 20.1 Å². The fourth-order valence-electron chi connectivity index (χ4n) is 2.52. The van der Waals surface area contributed by atoms with E-state index >= 15 is 0 Å². The highest BCUT2D eigenvalue weighted by Gasteiger charge is 2.21. The van der Waals surface area contributed by atoms with Crippen LogP contribution in [0.2, 0.25) is 0 Å². The monoisotopic (exact) mass is 300 g/mol. The Labute approximate surface area is 129 Å². The van der Waals surface area contributed by atoms with E-state index in [2.05, 4.69) is 41.3 Å². The van der Waals surface area contributed by atoms with Gasteiger partial charge in [0.1, 0.15) is 0 Å². The van der Waals surface area contributed by atoms with Crippen molar-refractivity contribution in [3.05, 3.63) is 0 Å². The maximum absolute atomic E-state index is 5.83. The van der Waals surface area contributed by atoms with Crippen molar-refractivity contribution in [1.29, 1.82) is 0 Å². The molecule has 1 saturated heterocycles. The summed E-state index contributed by atoms with van der Waals surface area (Å²) in [5, 5.41) is 6.63. The molecule has 0 aromatic heterocycles. The lowest BCUT2D eigenvalue weighted by Gasteiger charge is -2.34. The van der Waals surface area contributed by atoms with Gasteiger partial charge in [0.15, 0.2) is 5.96 Å². The van der Waals surface area contributed by atoms with Crippen molar-refractivity contribution < 1.29 is 9.47 Å². The number of hydrogen-bond acceptors (Lipinski definition) is 4. The lowest BCUT2D eigenvalue weighted by molar-refractivity contribution is -0.0284. The second-order valence-corrected chi connectivity index (χ2v) is 6.10. The Morgan fingerprint density at radius 2 is 2.19 bits per heavy atom. The molecule has 1 rings (SSSR count). The summed E-state index contributed by atoms with van der Waals surface area (Å²) in [6.45, 7) is 12.0. The SMILES string of the molecule is CN=C(NCC1CN(CC(C)C)CCO1)NC(C)COC. The minimum atomic E-state index is 0.216. The standard InChI is InChI=1S/C15H32N4O2/c1-12(2)9-19-6-7-21-14(10-19)8-17-15(16-4)18-13(3)11-20-5/h12-14H,6-11H2,1-5H3,(H2,16,17,18). The van der Waals surface area contributed by atoms with E-state index in [1.54, 1.807) is 14.2 Å². The van der Waals surface area contributed by atoms with Gasteiger partial charge in [0.2, 0.25) is 0 Å². The molecular formula is C15H32N4O2. The predicted octanol–water partition coefficient (Wildman–Crippen LogP) is 0.543. The molecule has 2 unspecified atom stereocenters. The maximum Gasteiger partial charge on any atom is 0.191 e. The van der Waals surface area contributed by atoms with Crippen molar-refractivity contribution in [1.82, 2.24) is 15.5 Å². The van der Waals surface area contributed by atoms with Gasteiger partial charge in [-0.2, -0.15) is 0 Å². The summed E-state index contributed by atoms with van der Waals surface area (Å²) in [5.41, 5.74) is 0. The zero-order valence-electron chi connectivity index (χ0n) is 14.2. The topological polar surface area (TPSA) is 58.1 Å². The van der Waals surface area contributed by atoms with Gasteiger partial charge in [0, 0.05) is 46.4 Å². The molecule has 0 aromatic rings. The van der Waals surface area contributed by atoms with E-state index in [9.17, 15) is 0 Å². The highest BCUT2D eigenvalue weighted by atomic mass is 16.5. The van der Waals surface area contributed by atoms with Gasteiger partial charge in [-0.1, -0.05) is 13.8 Å². The number of aliphatic imine (C=N–C) groups is 1. The van der Waals surface area contributed by atoms with E-state index < -0.39 is 0 Å². The predicted molar refractivity (Wildman–Crippen MR) is 86.9 cm³/mol. The molecule has 1 fully saturated rings. The third-order valence-electron chi connectivity index (χ3n) is 3.37. The first kappa shape index (κ1) is 18.2. The molecule has 1 heterocycles. The molecule has 0 radical (unpaired) electrons. The summed E-state index contributed by atoms with van der Waals surface area (Å²) in [4.78, 5) is 6.71. The summed E-state index contributed by atoms with van der Waals surface area (Å²) < 4.78 is 10.9. The van der Waals surface area contributed by atoms with E-state index in [0.29, 0.717) is 12.5 Å². The largest absolute Gasteiger partial charge is 0.383 e. The second-order valence-electron chi connectivity index (χ2n) is 6.10. The number of ether oxygens (including phenoxy) is 2. The highest BCUT2D eigenvalue weighted by molar-refractivity contribution is 5.79. The summed E-state index contributed by atoms with van der Waals surface area (Å²) in [5.74, 6) is 1.49. The molecular weight excluding hydrogens is 268 g/mol. The van der Waals surface area contributed by atoms with Crippen molar-refractivity contribution in [2.75, 3.05) is 53.6 Å². The average molecular weight is 300 g/mol. The molecule has 2 N–H and O–H groups in total. The first-order valence-corrected chi connectivity index (χ1v) is 7.85. The zero-order chi connectivity index (χ0) is 15.7. The van der Waals surface area contributed by atoms with Crippen LogP contribution in [0.1, 0.15) is 20.8 Å². The van der Waals surface area contributed by atoms with Crippen LogP contribution in [0.4, 0.5) is 0 Å². The van der Waals surface area contributed by atoms with E-state index in [4.69, 9.17) is 9.47 Å². The first-order chi connectivity index (χ1) is 10.0. The number of rotatable bonds is 7. The van der Waals surface area contributed by atoms with Crippen molar-refractivity contribution in [2.45, 2.75) is 32.9 Å². The van der Waals surface area contributed by atoms with Gasteiger partial charge in [-0.3, -0.25) is 9.89 Å². The van der Waals surface area contributed by atoms with Gasteiger partial charge in [-0.25, -0.2) is 0 Å². The Morgan fingerprint density at radius 3 is 2.81 bits per heavy atom. The van der Waals surface area contributed by atoms with Crippen LogP contribution in [0.15, 0.2) is 4.99 Å². The normalized spacial score (nSPS) is 22.4. The van der Waals surface area contributed by atoms with Crippen LogP contribution in [-0.2, 0) is 9.47 Å². The zero-order valence-corrected chi connectivity index (χ0v) is 14.2. The molecule has 0 amide bonds. The highest BCUT2D eigenvalue weighted by Crippen LogP contribution is 2.07. The average Bonchev–Trinajstić information content (AvgIpc) is 2.43. The van der Waals surface area contributed by atoms with Crippen LogP contribution in [0.3, 0.4) is 0 Å². The van der Waals surface area contributed by atoms with Crippen molar-refractivity contribution in [3.63, 3.8) is 0 Å². The molecule has 0 aromatic carbocycles. The molecule has 6 nitrogen and oxygen atoms in total. The molecule has 1 aliphatic rings. The van der Waals surface area contributed by atoms with Crippen molar-refractivity contribution >= 4 is 5.96 Å². The van der Waals surface area contributed by atoms with Crippen LogP contribution >= 0.6 is 0 Å². The van der Waals surface area contributed by atoms with Gasteiger partial charge >= 0.3 is 0 Å². The van der Waals surface area contributed by atoms with Crippen molar-refractivity contribution in [2.24, 2.45) is 10.9 Å². The van der Waals surface area contributed by atoms with E-state index in [-0.39, 0.29) is 12.1 Å². The van der Waals surface area contributed by atoms with E-state index in [1.165, 1.54) is 0 Å². The lowest BCUT2D eigenvalue weighted by atomic mass is 10.2.